The Morgan fingerprint density at radius 1 is 1.17 bits per heavy atom. The normalized spacial score (nSPS) is 13.2. The molecule has 2 unspecified atom stereocenters. The summed E-state index contributed by atoms with van der Waals surface area (Å²) in [5.74, 6) is -2.23. The molecule has 0 fully saturated rings. The lowest BCUT2D eigenvalue weighted by molar-refractivity contribution is -0.142. The lowest BCUT2D eigenvalue weighted by Gasteiger charge is -2.20. The monoisotopic (exact) mass is 339 g/mol. The zero-order valence-electron chi connectivity index (χ0n) is 13.9. The Balaban J connectivity index is 2.38. The number of rotatable bonds is 8. The van der Waals surface area contributed by atoms with Crippen LogP contribution in [0.15, 0.2) is 24.3 Å². The highest BCUT2D eigenvalue weighted by molar-refractivity contribution is 5.86. The van der Waals surface area contributed by atoms with Crippen LogP contribution in [0.1, 0.15) is 25.5 Å². The maximum absolute atomic E-state index is 12.9. The SMILES string of the molecule is CC(NC(=O)CNC(=O)CN(C)C(C)C(=O)O)c1ccc(F)cc1. The number of nitrogens with one attached hydrogen (secondary N) is 2. The van der Waals surface area contributed by atoms with Gasteiger partial charge in [0.2, 0.25) is 11.8 Å². The Bertz CT molecular complexity index is 591. The highest BCUT2D eigenvalue weighted by atomic mass is 19.1. The highest BCUT2D eigenvalue weighted by Crippen LogP contribution is 2.12. The number of amides is 2. The molecule has 7 nitrogen and oxygen atoms in total. The van der Waals surface area contributed by atoms with Gasteiger partial charge in [-0.05, 0) is 38.6 Å². The zero-order chi connectivity index (χ0) is 18.3. The second-order valence-corrected chi connectivity index (χ2v) is 5.55. The number of carbonyl (C=O) groups excluding carboxylic acids is 2. The van der Waals surface area contributed by atoms with Crippen molar-refractivity contribution in [1.82, 2.24) is 15.5 Å². The summed E-state index contributed by atoms with van der Waals surface area (Å²) in [5, 5.41) is 14.0. The smallest absolute Gasteiger partial charge is 0.320 e. The van der Waals surface area contributed by atoms with Crippen molar-refractivity contribution in [2.45, 2.75) is 25.9 Å². The van der Waals surface area contributed by atoms with E-state index in [4.69, 9.17) is 5.11 Å². The maximum Gasteiger partial charge on any atom is 0.320 e. The van der Waals surface area contributed by atoms with E-state index in [0.717, 1.165) is 5.56 Å². The topological polar surface area (TPSA) is 98.7 Å². The fraction of sp³-hybridized carbons (Fsp3) is 0.438. The average Bonchev–Trinajstić information content (AvgIpc) is 2.52. The lowest BCUT2D eigenvalue weighted by Crippen LogP contribution is -2.45. The van der Waals surface area contributed by atoms with E-state index < -0.39 is 23.8 Å². The van der Waals surface area contributed by atoms with E-state index in [1.807, 2.05) is 0 Å². The Kier molecular flexibility index (Phi) is 7.31. The third-order valence-electron chi connectivity index (χ3n) is 3.61. The molecule has 0 radical (unpaired) electrons. The van der Waals surface area contributed by atoms with Crippen molar-refractivity contribution in [2.24, 2.45) is 0 Å². The molecule has 1 aromatic carbocycles. The lowest BCUT2D eigenvalue weighted by atomic mass is 10.1. The molecule has 0 bridgehead atoms. The first kappa shape index (κ1) is 19.6. The molecule has 8 heteroatoms. The molecule has 0 spiro atoms. The molecule has 0 aliphatic rings. The number of hydrogen-bond donors (Lipinski definition) is 3. The molecule has 0 saturated heterocycles. The minimum Gasteiger partial charge on any atom is -0.480 e. The number of carboxylic acid groups (broad SMARTS) is 1. The van der Waals surface area contributed by atoms with Gasteiger partial charge in [-0.3, -0.25) is 19.3 Å². The van der Waals surface area contributed by atoms with E-state index in [9.17, 15) is 18.8 Å². The number of halogens is 1. The van der Waals surface area contributed by atoms with Crippen molar-refractivity contribution >= 4 is 17.8 Å². The van der Waals surface area contributed by atoms with Crippen LogP contribution in [0.5, 0.6) is 0 Å². The summed E-state index contributed by atoms with van der Waals surface area (Å²) in [6, 6.07) is 4.62. The molecule has 2 amide bonds. The summed E-state index contributed by atoms with van der Waals surface area (Å²) in [7, 11) is 1.51. The van der Waals surface area contributed by atoms with Gasteiger partial charge in [0.1, 0.15) is 11.9 Å². The molecule has 0 aromatic heterocycles. The van der Waals surface area contributed by atoms with Crippen molar-refractivity contribution in [1.29, 1.82) is 0 Å². The molecule has 3 N–H and O–H groups in total. The van der Waals surface area contributed by atoms with Gasteiger partial charge in [-0.25, -0.2) is 4.39 Å². The van der Waals surface area contributed by atoms with Crippen LogP contribution >= 0.6 is 0 Å². The van der Waals surface area contributed by atoms with Crippen LogP contribution < -0.4 is 10.6 Å². The summed E-state index contributed by atoms with van der Waals surface area (Å²) in [6.07, 6.45) is 0. The molecule has 0 saturated carbocycles. The Morgan fingerprint density at radius 2 is 1.75 bits per heavy atom. The predicted octanol–water partition coefficient (Wildman–Crippen LogP) is 0.524. The van der Waals surface area contributed by atoms with Crippen molar-refractivity contribution in [2.75, 3.05) is 20.1 Å². The van der Waals surface area contributed by atoms with E-state index in [1.54, 1.807) is 19.1 Å². The van der Waals surface area contributed by atoms with E-state index in [1.165, 1.54) is 31.0 Å². The van der Waals surface area contributed by atoms with E-state index in [-0.39, 0.29) is 24.9 Å². The summed E-state index contributed by atoms with van der Waals surface area (Å²) >= 11 is 0. The molecule has 24 heavy (non-hydrogen) atoms. The maximum atomic E-state index is 12.9. The first-order chi connectivity index (χ1) is 11.2. The minimum absolute atomic E-state index is 0.131. The zero-order valence-corrected chi connectivity index (χ0v) is 13.9. The van der Waals surface area contributed by atoms with Crippen LogP contribution in [0.2, 0.25) is 0 Å². The minimum atomic E-state index is -1.03. The predicted molar refractivity (Wildman–Crippen MR) is 85.7 cm³/mol. The largest absolute Gasteiger partial charge is 0.480 e. The quantitative estimate of drug-likeness (QED) is 0.641. The number of nitrogens with zero attached hydrogens (tertiary/aromatic N) is 1. The molecule has 0 heterocycles. The molecule has 2 atom stereocenters. The Labute approximate surface area is 139 Å². The van der Waals surface area contributed by atoms with Crippen LogP contribution in [0.3, 0.4) is 0 Å². The van der Waals surface area contributed by atoms with E-state index in [0.29, 0.717) is 0 Å². The number of hydrogen-bond acceptors (Lipinski definition) is 4. The number of aliphatic carboxylic acids is 1. The van der Waals surface area contributed by atoms with Crippen LogP contribution in [0.4, 0.5) is 4.39 Å². The molecule has 1 rings (SSSR count). The van der Waals surface area contributed by atoms with Gasteiger partial charge in [-0.15, -0.1) is 0 Å². The summed E-state index contributed by atoms with van der Waals surface area (Å²) < 4.78 is 12.9. The summed E-state index contributed by atoms with van der Waals surface area (Å²) in [4.78, 5) is 35.7. The van der Waals surface area contributed by atoms with Crippen molar-refractivity contribution in [3.8, 4) is 0 Å². The van der Waals surface area contributed by atoms with Crippen LogP contribution in [-0.2, 0) is 14.4 Å². The van der Waals surface area contributed by atoms with Gasteiger partial charge in [0.05, 0.1) is 19.1 Å². The molecule has 132 valence electrons. The second-order valence-electron chi connectivity index (χ2n) is 5.55. The van der Waals surface area contributed by atoms with Crippen LogP contribution in [-0.4, -0.2) is 54.0 Å². The van der Waals surface area contributed by atoms with Gasteiger partial charge in [-0.1, -0.05) is 12.1 Å². The van der Waals surface area contributed by atoms with E-state index in [2.05, 4.69) is 10.6 Å². The first-order valence-corrected chi connectivity index (χ1v) is 7.45. The Morgan fingerprint density at radius 3 is 2.29 bits per heavy atom. The van der Waals surface area contributed by atoms with Crippen LogP contribution in [0.25, 0.3) is 0 Å². The number of carbonyl (C=O) groups is 3. The third kappa shape index (κ3) is 6.33. The first-order valence-electron chi connectivity index (χ1n) is 7.45. The number of benzene rings is 1. The fourth-order valence-corrected chi connectivity index (χ4v) is 1.91. The van der Waals surface area contributed by atoms with Gasteiger partial charge in [0.25, 0.3) is 0 Å². The molecule has 0 aliphatic carbocycles. The van der Waals surface area contributed by atoms with Gasteiger partial charge in [-0.2, -0.15) is 0 Å². The molecule has 0 aliphatic heterocycles. The average molecular weight is 339 g/mol. The second kappa shape index (κ2) is 8.97. The van der Waals surface area contributed by atoms with Crippen molar-refractivity contribution in [3.63, 3.8) is 0 Å². The molecular weight excluding hydrogens is 317 g/mol. The van der Waals surface area contributed by atoms with E-state index >= 15 is 0 Å². The summed E-state index contributed by atoms with van der Waals surface area (Å²) in [6.45, 7) is 2.86. The van der Waals surface area contributed by atoms with Crippen LogP contribution in [0, 0.1) is 5.82 Å². The summed E-state index contributed by atoms with van der Waals surface area (Å²) in [5.41, 5.74) is 0.742. The van der Waals surface area contributed by atoms with Gasteiger partial charge in [0.15, 0.2) is 0 Å². The van der Waals surface area contributed by atoms with Gasteiger partial charge >= 0.3 is 5.97 Å². The van der Waals surface area contributed by atoms with Gasteiger partial charge < -0.3 is 15.7 Å². The standard InChI is InChI=1S/C16H22FN3O4/c1-10(12-4-6-13(17)7-5-12)19-14(21)8-18-15(22)9-20(3)11(2)16(23)24/h4-7,10-11H,8-9H2,1-3H3,(H,18,22)(H,19,21)(H,23,24). The Hall–Kier alpha value is -2.48. The molecular formula is C16H22FN3O4. The third-order valence-corrected chi connectivity index (χ3v) is 3.61. The number of carboxylic acids is 1. The highest BCUT2D eigenvalue weighted by Gasteiger charge is 2.19. The molecule has 1 aromatic rings. The van der Waals surface area contributed by atoms with Crippen molar-refractivity contribution in [3.05, 3.63) is 35.6 Å². The fourth-order valence-electron chi connectivity index (χ4n) is 1.91. The number of likely N-dealkylation sites (N-methyl/N-ethyl adjacent to an activating group) is 1. The van der Waals surface area contributed by atoms with Crippen molar-refractivity contribution < 1.29 is 23.9 Å². The van der Waals surface area contributed by atoms with Gasteiger partial charge in [0, 0.05) is 0 Å².